The fraction of sp³-hybridized carbons (Fsp3) is 0.421. The molecule has 2 fully saturated rings. The number of carbonyl (C=O) groups is 1. The van der Waals surface area contributed by atoms with Gasteiger partial charge in [-0.1, -0.05) is 30.3 Å². The molecule has 5 nitrogen and oxygen atoms in total. The predicted octanol–water partition coefficient (Wildman–Crippen LogP) is 2.60. The maximum atomic E-state index is 13.0. The van der Waals surface area contributed by atoms with Gasteiger partial charge in [-0.15, -0.1) is 0 Å². The Hall–Kier alpha value is -2.50. The Morgan fingerprint density at radius 3 is 2.40 bits per heavy atom. The van der Waals surface area contributed by atoms with Crippen LogP contribution < -0.4 is 4.90 Å². The summed E-state index contributed by atoms with van der Waals surface area (Å²) in [7, 11) is 1.93. The summed E-state index contributed by atoms with van der Waals surface area (Å²) in [4.78, 5) is 24.7. The molecule has 2 aliphatic heterocycles. The molecule has 130 valence electrons. The largest absolute Gasteiger partial charge is 0.341 e. The average molecular weight is 340 g/mol. The minimum absolute atomic E-state index is 0.158. The number of aromatic nitrogens is 2. The fourth-order valence-corrected chi connectivity index (χ4v) is 4.34. The van der Waals surface area contributed by atoms with E-state index in [2.05, 4.69) is 27.0 Å². The molecule has 1 aromatic heterocycles. The highest BCUT2D eigenvalue weighted by atomic mass is 19.1. The Balaban J connectivity index is 1.58. The summed E-state index contributed by atoms with van der Waals surface area (Å²) in [6.07, 6.45) is 4.67. The number of benzene rings is 1. The van der Waals surface area contributed by atoms with Crippen LogP contribution >= 0.6 is 0 Å². The van der Waals surface area contributed by atoms with Crippen LogP contribution in [0.15, 0.2) is 42.7 Å². The number of anilines is 1. The molecule has 0 saturated carbocycles. The summed E-state index contributed by atoms with van der Waals surface area (Å²) in [6.45, 7) is 1.51. The van der Waals surface area contributed by atoms with Crippen molar-refractivity contribution in [3.8, 4) is 0 Å². The molecule has 0 radical (unpaired) electrons. The van der Waals surface area contributed by atoms with Gasteiger partial charge in [0, 0.05) is 32.5 Å². The summed E-state index contributed by atoms with van der Waals surface area (Å²) in [5.74, 6) is 0.546. The molecule has 1 atom stereocenters. The number of nitrogens with zero attached hydrogens (tertiary/aromatic N) is 4. The van der Waals surface area contributed by atoms with Gasteiger partial charge in [-0.05, 0) is 18.4 Å². The van der Waals surface area contributed by atoms with Gasteiger partial charge < -0.3 is 9.80 Å². The molecule has 2 aliphatic rings. The Morgan fingerprint density at radius 1 is 1.12 bits per heavy atom. The molecule has 2 saturated heterocycles. The van der Waals surface area contributed by atoms with Crippen LogP contribution in [-0.2, 0) is 4.79 Å². The smallest absolute Gasteiger partial charge is 0.225 e. The monoisotopic (exact) mass is 340 g/mol. The van der Waals surface area contributed by atoms with Crippen LogP contribution in [0.25, 0.3) is 0 Å². The number of rotatable bonds is 2. The minimum Gasteiger partial charge on any atom is -0.341 e. The molecule has 1 amide bonds. The van der Waals surface area contributed by atoms with Gasteiger partial charge in [-0.3, -0.25) is 4.79 Å². The molecule has 0 bridgehead atoms. The van der Waals surface area contributed by atoms with Crippen LogP contribution in [0.5, 0.6) is 0 Å². The molecule has 6 heteroatoms. The maximum Gasteiger partial charge on any atom is 0.225 e. The first-order valence-corrected chi connectivity index (χ1v) is 8.64. The number of piperidine rings is 1. The van der Waals surface area contributed by atoms with E-state index in [4.69, 9.17) is 0 Å². The van der Waals surface area contributed by atoms with Gasteiger partial charge in [0.15, 0.2) is 5.82 Å². The Kier molecular flexibility index (Phi) is 3.90. The molecular formula is C19H21FN4O. The highest BCUT2D eigenvalue weighted by Crippen LogP contribution is 2.48. The van der Waals surface area contributed by atoms with Crippen molar-refractivity contribution in [2.75, 3.05) is 25.0 Å². The number of hydrogen-bond acceptors (Lipinski definition) is 4. The molecule has 1 unspecified atom stereocenters. The van der Waals surface area contributed by atoms with E-state index in [0.717, 1.165) is 25.9 Å². The molecule has 2 aromatic rings. The standard InChI is InChI=1S/C19H21FN4O/c1-23-17(25)11-16(14-5-3-2-4-6-14)19(23)7-9-24(10-8-19)18-21-12-15(20)13-22-18/h2-6,12-13,16H,7-11H2,1H3. The number of halogens is 1. The lowest BCUT2D eigenvalue weighted by atomic mass is 9.74. The highest BCUT2D eigenvalue weighted by Gasteiger charge is 2.52. The number of hydrogen-bond donors (Lipinski definition) is 0. The van der Waals surface area contributed by atoms with E-state index < -0.39 is 5.82 Å². The van der Waals surface area contributed by atoms with Crippen LogP contribution in [0.3, 0.4) is 0 Å². The van der Waals surface area contributed by atoms with Gasteiger partial charge >= 0.3 is 0 Å². The summed E-state index contributed by atoms with van der Waals surface area (Å²) in [5, 5.41) is 0. The highest BCUT2D eigenvalue weighted by molar-refractivity contribution is 5.81. The average Bonchev–Trinajstić information content (AvgIpc) is 2.89. The number of likely N-dealkylation sites (tertiary alicyclic amines) is 1. The topological polar surface area (TPSA) is 49.3 Å². The van der Waals surface area contributed by atoms with Crippen molar-refractivity contribution < 1.29 is 9.18 Å². The normalized spacial score (nSPS) is 22.6. The van der Waals surface area contributed by atoms with Gasteiger partial charge in [0.25, 0.3) is 0 Å². The van der Waals surface area contributed by atoms with Crippen molar-refractivity contribution in [2.24, 2.45) is 0 Å². The lowest BCUT2D eigenvalue weighted by molar-refractivity contribution is -0.130. The van der Waals surface area contributed by atoms with E-state index in [-0.39, 0.29) is 17.4 Å². The van der Waals surface area contributed by atoms with Crippen molar-refractivity contribution in [3.05, 3.63) is 54.1 Å². The van der Waals surface area contributed by atoms with Crippen LogP contribution in [-0.4, -0.2) is 46.5 Å². The molecule has 1 spiro atoms. The number of likely N-dealkylation sites (N-methyl/N-ethyl adjacent to an activating group) is 1. The predicted molar refractivity (Wildman–Crippen MR) is 92.7 cm³/mol. The van der Waals surface area contributed by atoms with Crippen molar-refractivity contribution in [1.82, 2.24) is 14.9 Å². The van der Waals surface area contributed by atoms with Crippen molar-refractivity contribution >= 4 is 11.9 Å². The Morgan fingerprint density at radius 2 is 1.76 bits per heavy atom. The lowest BCUT2D eigenvalue weighted by Gasteiger charge is -2.46. The fourth-order valence-electron chi connectivity index (χ4n) is 4.34. The summed E-state index contributed by atoms with van der Waals surface area (Å²) < 4.78 is 13.0. The van der Waals surface area contributed by atoms with Crippen molar-refractivity contribution in [3.63, 3.8) is 0 Å². The molecule has 0 aliphatic carbocycles. The van der Waals surface area contributed by atoms with Gasteiger partial charge in [0.2, 0.25) is 11.9 Å². The van der Waals surface area contributed by atoms with Crippen LogP contribution in [0.4, 0.5) is 10.3 Å². The lowest BCUT2D eigenvalue weighted by Crippen LogP contribution is -2.54. The summed E-state index contributed by atoms with van der Waals surface area (Å²) in [5.41, 5.74) is 1.07. The van der Waals surface area contributed by atoms with Gasteiger partial charge in [0.1, 0.15) is 0 Å². The third-order valence-electron chi connectivity index (χ3n) is 5.79. The Bertz CT molecular complexity index is 757. The number of carbonyl (C=O) groups excluding carboxylic acids is 1. The van der Waals surface area contributed by atoms with Gasteiger partial charge in [0.05, 0.1) is 17.9 Å². The quantitative estimate of drug-likeness (QED) is 0.843. The van der Waals surface area contributed by atoms with Gasteiger partial charge in [-0.25, -0.2) is 14.4 Å². The molecule has 1 aromatic carbocycles. The molecule has 0 N–H and O–H groups in total. The molecule has 25 heavy (non-hydrogen) atoms. The minimum atomic E-state index is -0.428. The van der Waals surface area contributed by atoms with Crippen molar-refractivity contribution in [2.45, 2.75) is 30.7 Å². The summed E-state index contributed by atoms with van der Waals surface area (Å²) >= 11 is 0. The molecule has 4 rings (SSSR count). The first kappa shape index (κ1) is 16.0. The SMILES string of the molecule is CN1C(=O)CC(c2ccccc2)C12CCN(c1ncc(F)cn1)CC2. The van der Waals surface area contributed by atoms with Gasteiger partial charge in [-0.2, -0.15) is 0 Å². The van der Waals surface area contributed by atoms with Crippen LogP contribution in [0, 0.1) is 5.82 Å². The first-order valence-electron chi connectivity index (χ1n) is 8.64. The van der Waals surface area contributed by atoms with E-state index in [1.54, 1.807) is 0 Å². The molecular weight excluding hydrogens is 319 g/mol. The van der Waals surface area contributed by atoms with Crippen LogP contribution in [0.2, 0.25) is 0 Å². The van der Waals surface area contributed by atoms with E-state index in [0.29, 0.717) is 12.4 Å². The zero-order valence-electron chi connectivity index (χ0n) is 14.2. The second kappa shape index (κ2) is 6.10. The molecule has 3 heterocycles. The third-order valence-corrected chi connectivity index (χ3v) is 5.79. The van der Waals surface area contributed by atoms with E-state index in [9.17, 15) is 9.18 Å². The second-order valence-corrected chi connectivity index (χ2v) is 6.91. The zero-order chi connectivity index (χ0) is 17.4. The van der Waals surface area contributed by atoms with Crippen LogP contribution in [0.1, 0.15) is 30.7 Å². The van der Waals surface area contributed by atoms with Crippen molar-refractivity contribution in [1.29, 1.82) is 0 Å². The Labute approximate surface area is 146 Å². The van der Waals surface area contributed by atoms with E-state index >= 15 is 0 Å². The van der Waals surface area contributed by atoms with E-state index in [1.165, 1.54) is 18.0 Å². The maximum absolute atomic E-state index is 13.0. The zero-order valence-corrected chi connectivity index (χ0v) is 14.2. The summed E-state index contributed by atoms with van der Waals surface area (Å²) in [6, 6.07) is 10.3. The number of amides is 1. The third kappa shape index (κ3) is 2.65. The first-order chi connectivity index (χ1) is 12.1. The second-order valence-electron chi connectivity index (χ2n) is 6.91. The van der Waals surface area contributed by atoms with E-state index in [1.807, 2.05) is 30.1 Å².